The fourth-order valence-electron chi connectivity index (χ4n) is 2.71. The van der Waals surface area contributed by atoms with Crippen LogP contribution in [0.5, 0.6) is 0 Å². The Bertz CT molecular complexity index is 436. The first kappa shape index (κ1) is 14.1. The van der Waals surface area contributed by atoms with Gasteiger partial charge in [-0.25, -0.2) is 0 Å². The number of hydrogen-bond donors (Lipinski definition) is 2. The summed E-state index contributed by atoms with van der Waals surface area (Å²) in [6, 6.07) is 5.88. The van der Waals surface area contributed by atoms with Crippen LogP contribution < -0.4 is 5.73 Å². The second-order valence-electron chi connectivity index (χ2n) is 5.57. The van der Waals surface area contributed by atoms with Gasteiger partial charge in [0.25, 0.3) is 0 Å². The average Bonchev–Trinajstić information content (AvgIpc) is 2.41. The van der Waals surface area contributed by atoms with Crippen LogP contribution in [-0.4, -0.2) is 12.4 Å². The summed E-state index contributed by atoms with van der Waals surface area (Å²) in [6.45, 7) is 3.60. The lowest BCUT2D eigenvalue weighted by molar-refractivity contribution is 0.0736. The van der Waals surface area contributed by atoms with Gasteiger partial charge in [0, 0.05) is 12.2 Å². The minimum absolute atomic E-state index is 0.123. The van der Waals surface area contributed by atoms with Gasteiger partial charge in [-0.05, 0) is 42.9 Å². The molecule has 1 aliphatic carbocycles. The predicted octanol–water partition coefficient (Wildman–Crippen LogP) is 3.38. The largest absolute Gasteiger partial charge is 0.384 e. The van der Waals surface area contributed by atoms with E-state index in [-0.39, 0.29) is 5.84 Å². The highest BCUT2D eigenvalue weighted by molar-refractivity contribution is 5.95. The molecule has 0 amide bonds. The molecule has 1 aliphatic rings. The van der Waals surface area contributed by atoms with Gasteiger partial charge in [-0.1, -0.05) is 31.4 Å². The highest BCUT2D eigenvalue weighted by Crippen LogP contribution is 2.24. The number of nitrogens with two attached hydrogens (primary N) is 1. The number of ether oxygens (including phenoxy) is 1. The van der Waals surface area contributed by atoms with Gasteiger partial charge in [0.2, 0.25) is 0 Å². The molecule has 0 aromatic heterocycles. The first-order valence-electron chi connectivity index (χ1n) is 7.18. The smallest absolute Gasteiger partial charge is 0.122 e. The Kier molecular flexibility index (Phi) is 4.97. The molecule has 1 saturated carbocycles. The summed E-state index contributed by atoms with van der Waals surface area (Å²) in [6.07, 6.45) is 6.76. The first-order chi connectivity index (χ1) is 9.16. The second-order valence-corrected chi connectivity index (χ2v) is 5.57. The van der Waals surface area contributed by atoms with Crippen molar-refractivity contribution in [3.63, 3.8) is 0 Å². The monoisotopic (exact) mass is 260 g/mol. The molecule has 104 valence electrons. The van der Waals surface area contributed by atoms with E-state index in [2.05, 4.69) is 0 Å². The van der Waals surface area contributed by atoms with E-state index in [4.69, 9.17) is 15.9 Å². The molecule has 0 heterocycles. The van der Waals surface area contributed by atoms with Crippen LogP contribution in [0.25, 0.3) is 0 Å². The molecular formula is C16H24N2O. The number of amidine groups is 1. The van der Waals surface area contributed by atoms with Gasteiger partial charge in [0.1, 0.15) is 5.84 Å². The summed E-state index contributed by atoms with van der Waals surface area (Å²) in [5.74, 6) is 0.878. The summed E-state index contributed by atoms with van der Waals surface area (Å²) in [5.41, 5.74) is 8.61. The van der Waals surface area contributed by atoms with Crippen LogP contribution in [0.4, 0.5) is 0 Å². The van der Waals surface area contributed by atoms with E-state index in [1.165, 1.54) is 37.7 Å². The predicted molar refractivity (Wildman–Crippen MR) is 78.4 cm³/mol. The van der Waals surface area contributed by atoms with Crippen LogP contribution in [0.1, 0.15) is 48.8 Å². The van der Waals surface area contributed by atoms with E-state index in [1.54, 1.807) is 0 Å². The van der Waals surface area contributed by atoms with E-state index in [0.717, 1.165) is 23.7 Å². The zero-order valence-corrected chi connectivity index (χ0v) is 11.7. The molecule has 0 saturated heterocycles. The number of hydrogen-bond acceptors (Lipinski definition) is 2. The Morgan fingerprint density at radius 3 is 2.68 bits per heavy atom. The molecule has 3 heteroatoms. The van der Waals surface area contributed by atoms with Crippen molar-refractivity contribution in [3.05, 3.63) is 34.9 Å². The maximum absolute atomic E-state index is 7.42. The van der Waals surface area contributed by atoms with E-state index < -0.39 is 0 Å². The van der Waals surface area contributed by atoms with Crippen molar-refractivity contribution in [1.29, 1.82) is 5.41 Å². The quantitative estimate of drug-likeness (QED) is 0.630. The molecule has 1 fully saturated rings. The summed E-state index contributed by atoms with van der Waals surface area (Å²) in [4.78, 5) is 0. The van der Waals surface area contributed by atoms with Crippen molar-refractivity contribution in [3.8, 4) is 0 Å². The van der Waals surface area contributed by atoms with Crippen LogP contribution in [0.2, 0.25) is 0 Å². The molecule has 2 rings (SSSR count). The fourth-order valence-corrected chi connectivity index (χ4v) is 2.71. The third-order valence-electron chi connectivity index (χ3n) is 3.99. The molecule has 0 bridgehead atoms. The second kappa shape index (κ2) is 6.71. The number of rotatable bonds is 5. The zero-order valence-electron chi connectivity index (χ0n) is 11.7. The average molecular weight is 260 g/mol. The lowest BCUT2D eigenvalue weighted by atomic mass is 9.90. The Labute approximate surface area is 115 Å². The zero-order chi connectivity index (χ0) is 13.7. The topological polar surface area (TPSA) is 59.1 Å². The van der Waals surface area contributed by atoms with Crippen LogP contribution >= 0.6 is 0 Å². The van der Waals surface area contributed by atoms with Crippen molar-refractivity contribution in [2.45, 2.75) is 45.6 Å². The van der Waals surface area contributed by atoms with Crippen molar-refractivity contribution in [1.82, 2.24) is 0 Å². The number of nitrogens with one attached hydrogen (secondary N) is 1. The standard InChI is InChI=1S/C16H24N2O/c1-12-9-14(16(17)18)7-8-15(12)11-19-10-13-5-3-2-4-6-13/h7-9,13H,2-6,10-11H2,1H3,(H3,17,18). The maximum Gasteiger partial charge on any atom is 0.122 e. The molecule has 0 aliphatic heterocycles. The van der Waals surface area contributed by atoms with Crippen molar-refractivity contribution in [2.24, 2.45) is 11.7 Å². The normalized spacial score (nSPS) is 16.5. The highest BCUT2D eigenvalue weighted by atomic mass is 16.5. The van der Waals surface area contributed by atoms with Crippen molar-refractivity contribution < 1.29 is 4.74 Å². The van der Waals surface area contributed by atoms with Crippen LogP contribution in [-0.2, 0) is 11.3 Å². The van der Waals surface area contributed by atoms with E-state index >= 15 is 0 Å². The number of nitrogen functional groups attached to an aromatic ring is 1. The molecule has 1 aromatic rings. The summed E-state index contributed by atoms with van der Waals surface area (Å²) < 4.78 is 5.86. The van der Waals surface area contributed by atoms with Gasteiger partial charge >= 0.3 is 0 Å². The highest BCUT2D eigenvalue weighted by Gasteiger charge is 2.13. The Morgan fingerprint density at radius 2 is 2.05 bits per heavy atom. The fraction of sp³-hybridized carbons (Fsp3) is 0.562. The summed E-state index contributed by atoms with van der Waals surface area (Å²) >= 11 is 0. The number of benzene rings is 1. The molecular weight excluding hydrogens is 236 g/mol. The number of aryl methyl sites for hydroxylation is 1. The minimum Gasteiger partial charge on any atom is -0.384 e. The Balaban J connectivity index is 1.83. The van der Waals surface area contributed by atoms with E-state index in [9.17, 15) is 0 Å². The molecule has 1 aromatic carbocycles. The Morgan fingerprint density at radius 1 is 1.32 bits per heavy atom. The van der Waals surface area contributed by atoms with Crippen molar-refractivity contribution >= 4 is 5.84 Å². The first-order valence-corrected chi connectivity index (χ1v) is 7.18. The van der Waals surface area contributed by atoms with E-state index in [0.29, 0.717) is 6.61 Å². The molecule has 0 atom stereocenters. The van der Waals surface area contributed by atoms with Gasteiger partial charge in [-0.2, -0.15) is 0 Å². The third kappa shape index (κ3) is 4.06. The Hall–Kier alpha value is -1.35. The summed E-state index contributed by atoms with van der Waals surface area (Å²) in [5, 5.41) is 7.42. The van der Waals surface area contributed by atoms with Gasteiger partial charge in [0.15, 0.2) is 0 Å². The maximum atomic E-state index is 7.42. The van der Waals surface area contributed by atoms with Gasteiger partial charge in [-0.15, -0.1) is 0 Å². The van der Waals surface area contributed by atoms with Crippen LogP contribution in [0, 0.1) is 18.3 Å². The van der Waals surface area contributed by atoms with Gasteiger partial charge in [0.05, 0.1) is 6.61 Å². The minimum atomic E-state index is 0.123. The van der Waals surface area contributed by atoms with Gasteiger partial charge in [-0.3, -0.25) is 5.41 Å². The lowest BCUT2D eigenvalue weighted by Crippen LogP contribution is -2.14. The van der Waals surface area contributed by atoms with Crippen LogP contribution in [0.3, 0.4) is 0 Å². The third-order valence-corrected chi connectivity index (χ3v) is 3.99. The molecule has 3 N–H and O–H groups in total. The van der Waals surface area contributed by atoms with Crippen LogP contribution in [0.15, 0.2) is 18.2 Å². The molecule has 3 nitrogen and oxygen atoms in total. The lowest BCUT2D eigenvalue weighted by Gasteiger charge is -2.21. The molecule has 19 heavy (non-hydrogen) atoms. The van der Waals surface area contributed by atoms with Crippen molar-refractivity contribution in [2.75, 3.05) is 6.61 Å². The molecule has 0 radical (unpaired) electrons. The molecule has 0 unspecified atom stereocenters. The molecule has 0 spiro atoms. The van der Waals surface area contributed by atoms with E-state index in [1.807, 2.05) is 25.1 Å². The SMILES string of the molecule is Cc1cc(C(=N)N)ccc1COCC1CCCCC1. The van der Waals surface area contributed by atoms with Gasteiger partial charge < -0.3 is 10.5 Å². The summed E-state index contributed by atoms with van der Waals surface area (Å²) in [7, 11) is 0.